The quantitative estimate of drug-likeness (QED) is 0.556. The Bertz CT molecular complexity index is 1080. The van der Waals surface area contributed by atoms with Crippen molar-refractivity contribution in [3.63, 3.8) is 0 Å². The number of benzene rings is 1. The maximum Gasteiger partial charge on any atom is 0.255 e. The van der Waals surface area contributed by atoms with E-state index in [1.807, 2.05) is 24.3 Å². The van der Waals surface area contributed by atoms with Gasteiger partial charge in [-0.25, -0.2) is 4.98 Å². The van der Waals surface area contributed by atoms with Gasteiger partial charge >= 0.3 is 0 Å². The Morgan fingerprint density at radius 2 is 2.30 bits per heavy atom. The van der Waals surface area contributed by atoms with Crippen molar-refractivity contribution in [2.24, 2.45) is 0 Å². The van der Waals surface area contributed by atoms with E-state index in [2.05, 4.69) is 30.8 Å². The molecule has 1 aliphatic rings. The second kappa shape index (κ2) is 6.56. The normalized spacial score (nSPS) is 13.6. The number of hydrogen-bond donors (Lipinski definition) is 2. The number of para-hydroxylation sites is 2. The van der Waals surface area contributed by atoms with E-state index < -0.39 is 0 Å². The lowest BCUT2D eigenvalue weighted by atomic mass is 10.1. The van der Waals surface area contributed by atoms with Gasteiger partial charge in [0.05, 0.1) is 36.4 Å². The van der Waals surface area contributed by atoms with Gasteiger partial charge in [-0.05, 0) is 34.5 Å². The van der Waals surface area contributed by atoms with Crippen molar-refractivity contribution in [2.45, 2.75) is 19.6 Å². The first-order chi connectivity index (χ1) is 13.3. The molecular formula is C17H15N7O2S. The van der Waals surface area contributed by atoms with Crippen LogP contribution in [0.2, 0.25) is 0 Å². The number of hydrogen-bond acceptors (Lipinski definition) is 7. The van der Waals surface area contributed by atoms with Crippen LogP contribution in [0.3, 0.4) is 0 Å². The molecule has 9 nitrogen and oxygen atoms in total. The van der Waals surface area contributed by atoms with Crippen LogP contribution >= 0.6 is 11.3 Å². The van der Waals surface area contributed by atoms with Crippen molar-refractivity contribution in [1.82, 2.24) is 35.5 Å². The first-order valence-corrected chi connectivity index (χ1v) is 9.29. The van der Waals surface area contributed by atoms with Crippen LogP contribution < -0.4 is 5.32 Å². The van der Waals surface area contributed by atoms with E-state index in [9.17, 15) is 4.79 Å². The Kier molecular flexibility index (Phi) is 3.91. The second-order valence-corrected chi connectivity index (χ2v) is 7.21. The highest BCUT2D eigenvalue weighted by Gasteiger charge is 2.27. The number of aromatic nitrogens is 6. The predicted molar refractivity (Wildman–Crippen MR) is 97.7 cm³/mol. The summed E-state index contributed by atoms with van der Waals surface area (Å²) in [6, 6.07) is 7.77. The average molecular weight is 381 g/mol. The fourth-order valence-electron chi connectivity index (χ4n) is 3.21. The summed E-state index contributed by atoms with van der Waals surface area (Å²) in [4.78, 5) is 21.8. The molecule has 0 fully saturated rings. The third kappa shape index (κ3) is 2.88. The highest BCUT2D eigenvalue weighted by molar-refractivity contribution is 7.15. The molecule has 0 unspecified atom stereocenters. The third-order valence-electron chi connectivity index (χ3n) is 4.44. The van der Waals surface area contributed by atoms with Crippen LogP contribution in [0.5, 0.6) is 0 Å². The van der Waals surface area contributed by atoms with Crippen LogP contribution in [0.15, 0.2) is 30.6 Å². The van der Waals surface area contributed by atoms with E-state index in [1.54, 1.807) is 0 Å². The molecule has 0 spiro atoms. The number of thiophene rings is 1. The number of aromatic amines is 1. The summed E-state index contributed by atoms with van der Waals surface area (Å²) < 4.78 is 7.05. The number of fused-ring (bicyclic) bond motifs is 2. The van der Waals surface area contributed by atoms with Crippen LogP contribution in [0.25, 0.3) is 16.0 Å². The first kappa shape index (κ1) is 16.1. The molecule has 0 saturated carbocycles. The molecule has 0 radical (unpaired) electrons. The number of imidazole rings is 1. The lowest BCUT2D eigenvalue weighted by Gasteiger charge is -2.13. The van der Waals surface area contributed by atoms with Gasteiger partial charge in [-0.1, -0.05) is 12.1 Å². The number of rotatable bonds is 4. The first-order valence-electron chi connectivity index (χ1n) is 8.47. The highest BCUT2D eigenvalue weighted by atomic mass is 32.1. The van der Waals surface area contributed by atoms with E-state index in [0.717, 1.165) is 21.5 Å². The van der Waals surface area contributed by atoms with Gasteiger partial charge in [0.2, 0.25) is 0 Å². The minimum absolute atomic E-state index is 0.166. The van der Waals surface area contributed by atoms with Crippen LogP contribution in [0.1, 0.15) is 26.6 Å². The van der Waals surface area contributed by atoms with E-state index in [0.29, 0.717) is 42.6 Å². The highest BCUT2D eigenvalue weighted by Crippen LogP contribution is 2.34. The van der Waals surface area contributed by atoms with Crippen molar-refractivity contribution < 1.29 is 9.53 Å². The number of nitrogens with zero attached hydrogens (tertiary/aromatic N) is 5. The Balaban J connectivity index is 1.44. The monoisotopic (exact) mass is 381 g/mol. The van der Waals surface area contributed by atoms with Crippen molar-refractivity contribution in [3.05, 3.63) is 52.4 Å². The summed E-state index contributed by atoms with van der Waals surface area (Å²) in [5.41, 5.74) is 3.45. The zero-order chi connectivity index (χ0) is 18.2. The van der Waals surface area contributed by atoms with Gasteiger partial charge in [-0.15, -0.1) is 16.4 Å². The van der Waals surface area contributed by atoms with Crippen molar-refractivity contribution in [3.8, 4) is 5.00 Å². The van der Waals surface area contributed by atoms with Gasteiger partial charge in [0, 0.05) is 4.88 Å². The zero-order valence-corrected chi connectivity index (χ0v) is 15.0. The Morgan fingerprint density at radius 3 is 3.15 bits per heavy atom. The van der Waals surface area contributed by atoms with Gasteiger partial charge < -0.3 is 15.0 Å². The van der Waals surface area contributed by atoms with E-state index in [1.165, 1.54) is 22.3 Å². The van der Waals surface area contributed by atoms with Gasteiger partial charge in [-0.2, -0.15) is 4.68 Å². The number of amides is 1. The molecule has 0 atom stereocenters. The molecule has 3 aromatic heterocycles. The maximum absolute atomic E-state index is 13.0. The summed E-state index contributed by atoms with van der Waals surface area (Å²) in [6.45, 7) is 1.41. The average Bonchev–Trinajstić information content (AvgIpc) is 3.43. The van der Waals surface area contributed by atoms with Gasteiger partial charge in [0.25, 0.3) is 5.91 Å². The van der Waals surface area contributed by atoms with Crippen molar-refractivity contribution >= 4 is 28.3 Å². The largest absolute Gasteiger partial charge is 0.376 e. The molecule has 136 valence electrons. The fourth-order valence-corrected chi connectivity index (χ4v) is 4.41. The van der Waals surface area contributed by atoms with Crippen LogP contribution in [-0.2, 0) is 24.3 Å². The standard InChI is InChI=1S/C17H15N7O2S/c25-16(18-7-14-20-11-3-1-2-4-12(11)21-14)15-10-5-6-26-8-13(10)27-17(15)24-9-19-22-23-24/h1-4,9H,5-8H2,(H,18,25)(H,20,21). The maximum atomic E-state index is 13.0. The smallest absolute Gasteiger partial charge is 0.255 e. The van der Waals surface area contributed by atoms with Gasteiger partial charge in [-0.3, -0.25) is 4.79 Å². The summed E-state index contributed by atoms with van der Waals surface area (Å²) in [5.74, 6) is 0.543. The molecular weight excluding hydrogens is 366 g/mol. The molecule has 5 rings (SSSR count). The minimum Gasteiger partial charge on any atom is -0.376 e. The van der Waals surface area contributed by atoms with E-state index in [4.69, 9.17) is 4.74 Å². The van der Waals surface area contributed by atoms with Gasteiger partial charge in [0.1, 0.15) is 17.2 Å². The molecule has 1 amide bonds. The Morgan fingerprint density at radius 1 is 1.37 bits per heavy atom. The Hall–Kier alpha value is -3.11. The molecule has 2 N–H and O–H groups in total. The molecule has 0 bridgehead atoms. The molecule has 1 aliphatic heterocycles. The van der Waals surface area contributed by atoms with E-state index in [-0.39, 0.29) is 5.91 Å². The molecule has 27 heavy (non-hydrogen) atoms. The molecule has 4 aromatic rings. The summed E-state index contributed by atoms with van der Waals surface area (Å²) >= 11 is 1.48. The number of tetrazole rings is 1. The fraction of sp³-hybridized carbons (Fsp3) is 0.235. The molecule has 1 aromatic carbocycles. The minimum atomic E-state index is -0.166. The molecule has 0 aliphatic carbocycles. The van der Waals surface area contributed by atoms with Gasteiger partial charge in [0.15, 0.2) is 0 Å². The second-order valence-electron chi connectivity index (χ2n) is 6.12. The topological polar surface area (TPSA) is 111 Å². The van der Waals surface area contributed by atoms with Crippen molar-refractivity contribution in [2.75, 3.05) is 6.61 Å². The van der Waals surface area contributed by atoms with Crippen LogP contribution in [0, 0.1) is 0 Å². The van der Waals surface area contributed by atoms with Crippen LogP contribution in [0.4, 0.5) is 0 Å². The summed E-state index contributed by atoms with van der Waals surface area (Å²) in [5, 5.41) is 15.0. The molecule has 10 heteroatoms. The number of carbonyl (C=O) groups excluding carboxylic acids is 1. The van der Waals surface area contributed by atoms with E-state index >= 15 is 0 Å². The molecule has 0 saturated heterocycles. The lowest BCUT2D eigenvalue weighted by Crippen LogP contribution is -2.26. The number of carbonyl (C=O) groups is 1. The number of ether oxygens (including phenoxy) is 1. The predicted octanol–water partition coefficient (Wildman–Crippen LogP) is 1.60. The zero-order valence-electron chi connectivity index (χ0n) is 14.2. The SMILES string of the molecule is O=C(NCc1nc2ccccc2[nH]1)c1c(-n2cnnn2)sc2c1CCOC2. The Labute approximate surface area is 157 Å². The lowest BCUT2D eigenvalue weighted by molar-refractivity contribution is 0.0941. The molecule has 4 heterocycles. The van der Waals surface area contributed by atoms with Crippen molar-refractivity contribution in [1.29, 1.82) is 0 Å². The number of nitrogens with one attached hydrogen (secondary N) is 2. The summed E-state index contributed by atoms with van der Waals surface area (Å²) in [6.07, 6.45) is 2.19. The number of H-pyrrole nitrogens is 1. The summed E-state index contributed by atoms with van der Waals surface area (Å²) in [7, 11) is 0. The van der Waals surface area contributed by atoms with Crippen LogP contribution in [-0.4, -0.2) is 42.7 Å². The third-order valence-corrected chi connectivity index (χ3v) is 5.64.